The number of amides is 1. The standard InChI is InChI=1S/C18H25ClN2O4/c1-5-7-15(18(23)24-6-2)13(4)20-21-17(22)11-25-16-9-8-14(19)10-12(16)3/h8-10,15H,5-7,11H2,1-4H3,(H,21,22)/b20-13-. The molecule has 138 valence electrons. The van der Waals surface area contributed by atoms with Crippen LogP contribution in [0.4, 0.5) is 0 Å². The Labute approximate surface area is 153 Å². The van der Waals surface area contributed by atoms with E-state index in [1.807, 2.05) is 13.8 Å². The second-order valence-electron chi connectivity index (χ2n) is 5.58. The molecule has 1 aromatic carbocycles. The number of hydrogen-bond donors (Lipinski definition) is 1. The summed E-state index contributed by atoms with van der Waals surface area (Å²) in [6, 6.07) is 5.15. The lowest BCUT2D eigenvalue weighted by Crippen LogP contribution is -2.30. The van der Waals surface area contributed by atoms with E-state index in [-0.39, 0.29) is 12.6 Å². The lowest BCUT2D eigenvalue weighted by Gasteiger charge is -2.14. The second-order valence-corrected chi connectivity index (χ2v) is 6.02. The number of nitrogens with one attached hydrogen (secondary N) is 1. The van der Waals surface area contributed by atoms with Gasteiger partial charge < -0.3 is 9.47 Å². The zero-order valence-corrected chi connectivity index (χ0v) is 15.9. The number of halogens is 1. The van der Waals surface area contributed by atoms with Gasteiger partial charge in [-0.2, -0.15) is 5.10 Å². The molecule has 0 saturated carbocycles. The maximum Gasteiger partial charge on any atom is 0.314 e. The molecule has 0 spiro atoms. The molecule has 0 heterocycles. The van der Waals surface area contributed by atoms with E-state index in [9.17, 15) is 9.59 Å². The van der Waals surface area contributed by atoms with E-state index < -0.39 is 11.8 Å². The number of ether oxygens (including phenoxy) is 2. The summed E-state index contributed by atoms with van der Waals surface area (Å²) in [5, 5.41) is 4.62. The topological polar surface area (TPSA) is 77.0 Å². The predicted molar refractivity (Wildman–Crippen MR) is 98.0 cm³/mol. The molecular formula is C18H25ClN2O4. The largest absolute Gasteiger partial charge is 0.483 e. The highest BCUT2D eigenvalue weighted by Crippen LogP contribution is 2.21. The van der Waals surface area contributed by atoms with E-state index in [0.29, 0.717) is 29.5 Å². The molecule has 0 fully saturated rings. The highest BCUT2D eigenvalue weighted by molar-refractivity contribution is 6.30. The van der Waals surface area contributed by atoms with Gasteiger partial charge in [0, 0.05) is 10.7 Å². The molecule has 0 bridgehead atoms. The first-order valence-electron chi connectivity index (χ1n) is 8.27. The molecule has 0 radical (unpaired) electrons. The van der Waals surface area contributed by atoms with Crippen LogP contribution in [0.25, 0.3) is 0 Å². The van der Waals surface area contributed by atoms with E-state index >= 15 is 0 Å². The van der Waals surface area contributed by atoms with E-state index in [1.165, 1.54) is 0 Å². The fourth-order valence-electron chi connectivity index (χ4n) is 2.21. The van der Waals surface area contributed by atoms with Crippen molar-refractivity contribution in [3.05, 3.63) is 28.8 Å². The maximum atomic E-state index is 11.9. The van der Waals surface area contributed by atoms with Crippen molar-refractivity contribution in [2.24, 2.45) is 11.0 Å². The van der Waals surface area contributed by atoms with Crippen LogP contribution in [-0.4, -0.2) is 30.8 Å². The van der Waals surface area contributed by atoms with Crippen molar-refractivity contribution in [1.29, 1.82) is 0 Å². The first-order chi connectivity index (χ1) is 11.9. The van der Waals surface area contributed by atoms with Crippen LogP contribution in [0.2, 0.25) is 5.02 Å². The van der Waals surface area contributed by atoms with Crippen LogP contribution in [0.3, 0.4) is 0 Å². The molecule has 0 saturated heterocycles. The van der Waals surface area contributed by atoms with Crippen molar-refractivity contribution in [2.45, 2.75) is 40.5 Å². The van der Waals surface area contributed by atoms with Crippen LogP contribution in [0.1, 0.15) is 39.2 Å². The van der Waals surface area contributed by atoms with Crippen LogP contribution in [0.5, 0.6) is 5.75 Å². The Morgan fingerprint density at radius 2 is 2.04 bits per heavy atom. The molecule has 1 unspecified atom stereocenters. The maximum absolute atomic E-state index is 11.9. The number of esters is 1. The van der Waals surface area contributed by atoms with Crippen molar-refractivity contribution < 1.29 is 19.1 Å². The molecule has 0 aliphatic rings. The van der Waals surface area contributed by atoms with Crippen LogP contribution in [-0.2, 0) is 14.3 Å². The number of aryl methyl sites for hydroxylation is 1. The average Bonchev–Trinajstić information content (AvgIpc) is 2.56. The van der Waals surface area contributed by atoms with Crippen LogP contribution < -0.4 is 10.2 Å². The molecule has 0 aliphatic carbocycles. The third kappa shape index (κ3) is 7.13. The van der Waals surface area contributed by atoms with E-state index in [0.717, 1.165) is 12.0 Å². The van der Waals surface area contributed by atoms with Crippen LogP contribution >= 0.6 is 11.6 Å². The summed E-state index contributed by atoms with van der Waals surface area (Å²) < 4.78 is 10.5. The highest BCUT2D eigenvalue weighted by Gasteiger charge is 2.22. The molecule has 0 aromatic heterocycles. The Bertz CT molecular complexity index is 632. The van der Waals surface area contributed by atoms with Gasteiger partial charge in [-0.15, -0.1) is 0 Å². The number of hydrazone groups is 1. The number of nitrogens with zero attached hydrogens (tertiary/aromatic N) is 1. The van der Waals surface area contributed by atoms with E-state index in [2.05, 4.69) is 10.5 Å². The number of rotatable bonds is 9. The number of hydrogen-bond acceptors (Lipinski definition) is 5. The minimum atomic E-state index is -0.454. The van der Waals surface area contributed by atoms with Crippen LogP contribution in [0.15, 0.2) is 23.3 Å². The van der Waals surface area contributed by atoms with Crippen molar-refractivity contribution >= 4 is 29.2 Å². The van der Waals surface area contributed by atoms with Crippen molar-refractivity contribution in [3.63, 3.8) is 0 Å². The zero-order valence-electron chi connectivity index (χ0n) is 15.1. The monoisotopic (exact) mass is 368 g/mol. The molecule has 1 N–H and O–H groups in total. The summed E-state index contributed by atoms with van der Waals surface area (Å²) in [5.41, 5.74) is 3.76. The van der Waals surface area contributed by atoms with Gasteiger partial charge >= 0.3 is 5.97 Å². The number of carbonyl (C=O) groups excluding carboxylic acids is 2. The summed E-state index contributed by atoms with van der Waals surface area (Å²) in [5.74, 6) is -0.610. The third-order valence-corrected chi connectivity index (χ3v) is 3.74. The minimum Gasteiger partial charge on any atom is -0.483 e. The summed E-state index contributed by atoms with van der Waals surface area (Å²) in [6.07, 6.45) is 1.42. The molecule has 1 amide bonds. The van der Waals surface area contributed by atoms with Gasteiger partial charge in [0.2, 0.25) is 0 Å². The number of carbonyl (C=O) groups is 2. The minimum absolute atomic E-state index is 0.183. The zero-order chi connectivity index (χ0) is 18.8. The highest BCUT2D eigenvalue weighted by atomic mass is 35.5. The van der Waals surface area contributed by atoms with Crippen LogP contribution in [0, 0.1) is 12.8 Å². The molecule has 1 atom stereocenters. The van der Waals surface area contributed by atoms with Crippen molar-refractivity contribution in [2.75, 3.05) is 13.2 Å². The summed E-state index contributed by atoms with van der Waals surface area (Å²) in [6.45, 7) is 7.40. The first-order valence-corrected chi connectivity index (χ1v) is 8.65. The second kappa shape index (κ2) is 10.7. The molecule has 25 heavy (non-hydrogen) atoms. The van der Waals surface area contributed by atoms with E-state index in [1.54, 1.807) is 32.0 Å². The Kier molecular flexibility index (Phi) is 8.99. The normalized spacial score (nSPS) is 12.4. The quantitative estimate of drug-likeness (QED) is 0.411. The SMILES string of the molecule is CCCC(C(=O)OCC)/C(C)=N\NC(=O)COc1ccc(Cl)cc1C. The lowest BCUT2D eigenvalue weighted by molar-refractivity contribution is -0.145. The smallest absolute Gasteiger partial charge is 0.314 e. The molecule has 6 nitrogen and oxygen atoms in total. The van der Waals surface area contributed by atoms with Crippen molar-refractivity contribution in [3.8, 4) is 5.75 Å². The molecule has 1 rings (SSSR count). The molecule has 0 aliphatic heterocycles. The third-order valence-electron chi connectivity index (χ3n) is 3.51. The fourth-order valence-corrected chi connectivity index (χ4v) is 2.43. The van der Waals surface area contributed by atoms with Gasteiger partial charge in [-0.3, -0.25) is 9.59 Å². The summed E-state index contributed by atoms with van der Waals surface area (Å²) in [4.78, 5) is 23.8. The van der Waals surface area contributed by atoms with Gasteiger partial charge in [-0.05, 0) is 51.0 Å². The van der Waals surface area contributed by atoms with Gasteiger partial charge in [0.15, 0.2) is 6.61 Å². The predicted octanol–water partition coefficient (Wildman–Crippen LogP) is 3.50. The first kappa shape index (κ1) is 21.0. The summed E-state index contributed by atoms with van der Waals surface area (Å²) >= 11 is 5.88. The Morgan fingerprint density at radius 3 is 2.64 bits per heavy atom. The van der Waals surface area contributed by atoms with Gasteiger partial charge in [-0.1, -0.05) is 24.9 Å². The van der Waals surface area contributed by atoms with Crippen molar-refractivity contribution in [1.82, 2.24) is 5.43 Å². The Morgan fingerprint density at radius 1 is 1.32 bits per heavy atom. The van der Waals surface area contributed by atoms with E-state index in [4.69, 9.17) is 21.1 Å². The fraction of sp³-hybridized carbons (Fsp3) is 0.500. The number of benzene rings is 1. The molecular weight excluding hydrogens is 344 g/mol. The van der Waals surface area contributed by atoms with Gasteiger partial charge in [0.25, 0.3) is 5.91 Å². The Balaban J connectivity index is 2.59. The Hall–Kier alpha value is -2.08. The van der Waals surface area contributed by atoms with Gasteiger partial charge in [0.1, 0.15) is 5.75 Å². The lowest BCUT2D eigenvalue weighted by atomic mass is 9.99. The molecule has 7 heteroatoms. The average molecular weight is 369 g/mol. The molecule has 1 aromatic rings. The summed E-state index contributed by atoms with van der Waals surface area (Å²) in [7, 11) is 0. The van der Waals surface area contributed by atoms with Gasteiger partial charge in [0.05, 0.1) is 12.5 Å². The van der Waals surface area contributed by atoms with Gasteiger partial charge in [-0.25, -0.2) is 5.43 Å².